The average Bonchev–Trinajstić information content (AvgIpc) is 3.52. The maximum Gasteiger partial charge on any atom is 0.270 e. The maximum absolute atomic E-state index is 13.1. The smallest absolute Gasteiger partial charge is 0.270 e. The first-order valence-corrected chi connectivity index (χ1v) is 11.6. The van der Waals surface area contributed by atoms with Crippen molar-refractivity contribution in [3.05, 3.63) is 70.3 Å². The Bertz CT molecular complexity index is 1390. The highest BCUT2D eigenvalue weighted by molar-refractivity contribution is 7.80. The summed E-state index contributed by atoms with van der Waals surface area (Å²) in [6.45, 7) is 2.47. The lowest BCUT2D eigenvalue weighted by atomic mass is 10.1. The molecule has 0 saturated heterocycles. The van der Waals surface area contributed by atoms with Gasteiger partial charge in [-0.25, -0.2) is 4.98 Å². The number of aryl methyl sites for hydroxylation is 2. The molecule has 1 saturated carbocycles. The zero-order chi connectivity index (χ0) is 23.8. The highest BCUT2D eigenvalue weighted by Crippen LogP contribution is 2.40. The fourth-order valence-corrected chi connectivity index (χ4v) is 4.16. The molecule has 0 unspecified atom stereocenters. The molecule has 3 heterocycles. The van der Waals surface area contributed by atoms with Gasteiger partial charge < -0.3 is 5.32 Å². The summed E-state index contributed by atoms with van der Waals surface area (Å²) in [7, 11) is 1.84. The Balaban J connectivity index is 1.23. The van der Waals surface area contributed by atoms with Gasteiger partial charge in [-0.1, -0.05) is 23.7 Å². The number of nitrogens with zero attached hydrogens (tertiary/aromatic N) is 5. The molecule has 0 spiro atoms. The number of carbonyl (C=O) groups excluding carboxylic acids is 1. The molecule has 1 fully saturated rings. The van der Waals surface area contributed by atoms with Crippen LogP contribution in [0.1, 0.15) is 46.1 Å². The van der Waals surface area contributed by atoms with Crippen molar-refractivity contribution in [2.45, 2.75) is 32.2 Å². The molecule has 0 bridgehead atoms. The molecule has 34 heavy (non-hydrogen) atoms. The number of fused-ring (bicyclic) bond motifs is 1. The number of halogens is 1. The van der Waals surface area contributed by atoms with Crippen LogP contribution in [0.4, 0.5) is 5.69 Å². The molecule has 3 N–H and O–H groups in total. The van der Waals surface area contributed by atoms with Gasteiger partial charge in [0.1, 0.15) is 0 Å². The van der Waals surface area contributed by atoms with Crippen molar-refractivity contribution in [2.24, 2.45) is 7.05 Å². The third-order valence-electron chi connectivity index (χ3n) is 5.67. The number of hydrogen-bond acceptors (Lipinski definition) is 5. The predicted molar refractivity (Wildman–Crippen MR) is 135 cm³/mol. The van der Waals surface area contributed by atoms with E-state index in [4.69, 9.17) is 28.8 Å². The minimum absolute atomic E-state index is 0.245. The first-order valence-electron chi connectivity index (χ1n) is 10.9. The highest BCUT2D eigenvalue weighted by Gasteiger charge is 2.28. The van der Waals surface area contributed by atoms with E-state index in [1.165, 1.54) is 0 Å². The van der Waals surface area contributed by atoms with E-state index in [1.807, 2.05) is 50.5 Å². The van der Waals surface area contributed by atoms with E-state index < -0.39 is 0 Å². The summed E-state index contributed by atoms with van der Waals surface area (Å²) in [4.78, 5) is 17.8. The second kappa shape index (κ2) is 9.03. The third kappa shape index (κ3) is 4.73. The number of hydrazine groups is 1. The van der Waals surface area contributed by atoms with Gasteiger partial charge in [0.15, 0.2) is 10.8 Å². The highest BCUT2D eigenvalue weighted by atomic mass is 35.5. The van der Waals surface area contributed by atoms with Crippen LogP contribution in [0.5, 0.6) is 0 Å². The number of nitrogens with one attached hydrogen (secondary N) is 3. The summed E-state index contributed by atoms with van der Waals surface area (Å²) in [5.41, 5.74) is 10.2. The van der Waals surface area contributed by atoms with E-state index >= 15 is 0 Å². The molecule has 0 atom stereocenters. The van der Waals surface area contributed by atoms with Crippen molar-refractivity contribution in [1.82, 2.24) is 35.4 Å². The van der Waals surface area contributed by atoms with Gasteiger partial charge in [0.05, 0.1) is 35.1 Å². The summed E-state index contributed by atoms with van der Waals surface area (Å²) in [6.07, 6.45) is 5.68. The first-order chi connectivity index (χ1) is 16.4. The number of anilines is 1. The van der Waals surface area contributed by atoms with Crippen LogP contribution < -0.4 is 16.2 Å². The van der Waals surface area contributed by atoms with Crippen LogP contribution >= 0.6 is 23.8 Å². The number of rotatable bonds is 5. The molecule has 0 aliphatic heterocycles. The number of carbonyl (C=O) groups is 1. The number of hydrogen-bond donors (Lipinski definition) is 3. The van der Waals surface area contributed by atoms with Gasteiger partial charge in [-0.15, -0.1) is 0 Å². The molecule has 174 valence electrons. The van der Waals surface area contributed by atoms with Crippen LogP contribution in [0.3, 0.4) is 0 Å². The molecule has 1 aromatic carbocycles. The van der Waals surface area contributed by atoms with Crippen molar-refractivity contribution in [2.75, 3.05) is 5.32 Å². The molecular formula is C23H23ClN8OS. The number of benzene rings is 1. The molecular weight excluding hydrogens is 472 g/mol. The van der Waals surface area contributed by atoms with E-state index in [-0.39, 0.29) is 11.0 Å². The molecule has 1 aliphatic rings. The van der Waals surface area contributed by atoms with Crippen LogP contribution in [-0.2, 0) is 13.6 Å². The standard InChI is InChI=1S/C23H23ClN8OS/c1-13-20-18(9-19(15-5-6-15)27-21(20)31(2)30-13)22(33)28-29-23(34)26-17-10-25-32(12-17)11-14-3-7-16(24)8-4-14/h3-4,7-10,12,15H,5-6,11H2,1-2H3,(H,28,33)(H2,26,29,34). The molecule has 4 aromatic rings. The maximum atomic E-state index is 13.1. The van der Waals surface area contributed by atoms with Crippen molar-refractivity contribution in [1.29, 1.82) is 0 Å². The van der Waals surface area contributed by atoms with Gasteiger partial charge in [0.25, 0.3) is 5.91 Å². The summed E-state index contributed by atoms with van der Waals surface area (Å²) in [6, 6.07) is 9.46. The third-order valence-corrected chi connectivity index (χ3v) is 6.12. The summed E-state index contributed by atoms with van der Waals surface area (Å²) in [5, 5.41) is 13.5. The lowest BCUT2D eigenvalue weighted by molar-refractivity contribution is 0.0945. The van der Waals surface area contributed by atoms with Gasteiger partial charge >= 0.3 is 0 Å². The predicted octanol–water partition coefficient (Wildman–Crippen LogP) is 3.68. The number of amides is 1. The zero-order valence-electron chi connectivity index (χ0n) is 18.7. The second-order valence-corrected chi connectivity index (χ2v) is 9.21. The lowest BCUT2D eigenvalue weighted by Gasteiger charge is -2.12. The van der Waals surface area contributed by atoms with Gasteiger partial charge in [0, 0.05) is 29.9 Å². The van der Waals surface area contributed by atoms with E-state index in [0.29, 0.717) is 34.4 Å². The van der Waals surface area contributed by atoms with Crippen molar-refractivity contribution >= 4 is 51.6 Å². The van der Waals surface area contributed by atoms with E-state index in [0.717, 1.165) is 35.2 Å². The van der Waals surface area contributed by atoms with Crippen molar-refractivity contribution in [3.63, 3.8) is 0 Å². The fourth-order valence-electron chi connectivity index (χ4n) is 3.87. The Hall–Kier alpha value is -3.50. The Morgan fingerprint density at radius 1 is 1.24 bits per heavy atom. The lowest BCUT2D eigenvalue weighted by Crippen LogP contribution is -2.43. The van der Waals surface area contributed by atoms with Crippen LogP contribution in [0.25, 0.3) is 11.0 Å². The summed E-state index contributed by atoms with van der Waals surface area (Å²) < 4.78 is 3.50. The molecule has 0 radical (unpaired) electrons. The Kier molecular flexibility index (Phi) is 5.93. The number of pyridine rings is 1. The van der Waals surface area contributed by atoms with Crippen LogP contribution in [0.2, 0.25) is 5.02 Å². The Morgan fingerprint density at radius 2 is 2.00 bits per heavy atom. The minimum atomic E-state index is -0.298. The molecule has 9 nitrogen and oxygen atoms in total. The molecule has 1 aliphatic carbocycles. The van der Waals surface area contributed by atoms with Crippen molar-refractivity contribution in [3.8, 4) is 0 Å². The summed E-state index contributed by atoms with van der Waals surface area (Å²) >= 11 is 11.3. The molecule has 3 aromatic heterocycles. The Morgan fingerprint density at radius 3 is 2.74 bits per heavy atom. The van der Waals surface area contributed by atoms with Crippen LogP contribution in [-0.4, -0.2) is 35.6 Å². The Labute approximate surface area is 206 Å². The van der Waals surface area contributed by atoms with Gasteiger partial charge in [-0.2, -0.15) is 10.2 Å². The van der Waals surface area contributed by atoms with E-state index in [9.17, 15) is 4.79 Å². The molecule has 5 rings (SSSR count). The van der Waals surface area contributed by atoms with E-state index in [1.54, 1.807) is 15.6 Å². The van der Waals surface area contributed by atoms with Gasteiger partial charge in [-0.05, 0) is 55.7 Å². The first kappa shape index (κ1) is 22.3. The number of thiocarbonyl (C=S) groups is 1. The van der Waals surface area contributed by atoms with Crippen molar-refractivity contribution < 1.29 is 4.79 Å². The van der Waals surface area contributed by atoms with Crippen LogP contribution in [0.15, 0.2) is 42.7 Å². The topological polar surface area (TPSA) is 102 Å². The summed E-state index contributed by atoms with van der Waals surface area (Å²) in [5.74, 6) is 0.110. The second-order valence-electron chi connectivity index (χ2n) is 8.36. The largest absolute Gasteiger partial charge is 0.329 e. The van der Waals surface area contributed by atoms with E-state index in [2.05, 4.69) is 26.4 Å². The quantitative estimate of drug-likeness (QED) is 0.287. The molecule has 11 heteroatoms. The monoisotopic (exact) mass is 494 g/mol. The normalized spacial score (nSPS) is 13.1. The van der Waals surface area contributed by atoms with Crippen LogP contribution in [0, 0.1) is 6.92 Å². The number of aromatic nitrogens is 5. The fraction of sp³-hybridized carbons (Fsp3) is 0.261. The van der Waals surface area contributed by atoms with Gasteiger partial charge in [-0.3, -0.25) is 25.0 Å². The zero-order valence-corrected chi connectivity index (χ0v) is 20.2. The van der Waals surface area contributed by atoms with Gasteiger partial charge in [0.2, 0.25) is 0 Å². The average molecular weight is 495 g/mol. The SMILES string of the molecule is Cc1nn(C)c2nc(C3CC3)cc(C(=O)NNC(=S)Nc3cnn(Cc4ccc(Cl)cc4)c3)c12. The minimum Gasteiger partial charge on any atom is -0.329 e. The molecule has 1 amide bonds.